The standard InChI is InChI=1S/C41H44N6O8/c1-22-12-30(49)37-32(52-22)18-31-27(38(37)50)17-34(40(2,3)54-31)53-39(51)41(9-4-5-11-48)33(55-41)7-6-23-13-28(46-35(42)14-23)25-15-26(45-36(43)16-25)20-47-19-24-8-10-44-29(24)21-47/h8,10,12-16,18-19,33-34,48,50H,4-7,9,11,17,20-21H2,1-3H3,(H2,42,46)(H2,43,45)/t33-,34-,41+/m1/s1. The lowest BCUT2D eigenvalue weighted by molar-refractivity contribution is -0.168. The molecule has 55 heavy (non-hydrogen) atoms. The summed E-state index contributed by atoms with van der Waals surface area (Å²) in [6.45, 7) is 6.51. The first-order valence-electron chi connectivity index (χ1n) is 18.5. The number of rotatable bonds is 12. The lowest BCUT2D eigenvalue weighted by Crippen LogP contribution is -2.50. The molecular weight excluding hydrogens is 704 g/mol. The fraction of sp³-hybridized carbons (Fsp3) is 0.390. The molecular formula is C41H44N6O8. The second kappa shape index (κ2) is 13.8. The van der Waals surface area contributed by atoms with Crippen LogP contribution in [-0.2, 0) is 33.7 Å². The number of nitrogen functional groups attached to an aromatic ring is 2. The van der Waals surface area contributed by atoms with Crippen molar-refractivity contribution < 1.29 is 33.6 Å². The molecule has 6 N–H and O–H groups in total. The fourth-order valence-corrected chi connectivity index (χ4v) is 7.85. The summed E-state index contributed by atoms with van der Waals surface area (Å²) < 4.78 is 24.4. The summed E-state index contributed by atoms with van der Waals surface area (Å²) in [5.74, 6) is 0.700. The largest absolute Gasteiger partial charge is 0.507 e. The number of hydrogen-bond acceptors (Lipinski definition) is 14. The molecule has 1 fully saturated rings. The number of aliphatic imine (C=N–C) groups is 1. The van der Waals surface area contributed by atoms with E-state index >= 15 is 0 Å². The van der Waals surface area contributed by atoms with Crippen LogP contribution in [0.4, 0.5) is 11.6 Å². The molecule has 1 saturated heterocycles. The van der Waals surface area contributed by atoms with Gasteiger partial charge in [-0.15, -0.1) is 0 Å². The molecule has 14 heteroatoms. The number of aromatic nitrogens is 2. The highest BCUT2D eigenvalue weighted by atomic mass is 16.7. The second-order valence-electron chi connectivity index (χ2n) is 15.3. The maximum Gasteiger partial charge on any atom is 0.341 e. The summed E-state index contributed by atoms with van der Waals surface area (Å²) in [5, 5.41) is 20.8. The topological polar surface area (TPSA) is 212 Å². The molecule has 3 aromatic heterocycles. The number of esters is 1. The van der Waals surface area contributed by atoms with Gasteiger partial charge in [0.15, 0.2) is 11.0 Å². The molecule has 0 amide bonds. The molecule has 14 nitrogen and oxygen atoms in total. The van der Waals surface area contributed by atoms with Gasteiger partial charge in [0, 0.05) is 54.3 Å². The quantitative estimate of drug-likeness (QED) is 0.0884. The molecule has 0 aliphatic carbocycles. The Balaban J connectivity index is 0.976. The molecule has 0 bridgehead atoms. The summed E-state index contributed by atoms with van der Waals surface area (Å²) in [6, 6.07) is 10.4. The van der Waals surface area contributed by atoms with Crippen LogP contribution in [-0.4, -0.2) is 73.3 Å². The van der Waals surface area contributed by atoms with Crippen molar-refractivity contribution in [2.45, 2.75) is 89.3 Å². The van der Waals surface area contributed by atoms with E-state index in [1.807, 2.05) is 30.5 Å². The third-order valence-electron chi connectivity index (χ3n) is 10.7. The Morgan fingerprint density at radius 2 is 1.91 bits per heavy atom. The number of aliphatic hydroxyl groups is 1. The van der Waals surface area contributed by atoms with Gasteiger partial charge in [-0.05, 0) is 88.8 Å². The number of phenolic OH excluding ortho intramolecular Hbond substituents is 1. The van der Waals surface area contributed by atoms with Gasteiger partial charge in [-0.3, -0.25) is 9.79 Å². The Labute approximate surface area is 317 Å². The molecule has 3 atom stereocenters. The minimum absolute atomic E-state index is 0.0144. The SMILES string of the molecule is Cc1cc(=O)c2c(O)c3c(cc2o1)OC(C)(C)[C@H](OC(=O)[C@@]1(CCCCO)O[C@@H]1CCc1cc(N)nc(-c2cc(N)nc(CN4C=C5C=CN=C5C4)c2)c1)C3. The van der Waals surface area contributed by atoms with Gasteiger partial charge in [0.1, 0.15) is 51.6 Å². The summed E-state index contributed by atoms with van der Waals surface area (Å²) in [5.41, 5.74) is 15.9. The predicted octanol–water partition coefficient (Wildman–Crippen LogP) is 4.65. The number of allylic oxidation sites excluding steroid dienone is 1. The zero-order valence-corrected chi connectivity index (χ0v) is 31.0. The van der Waals surface area contributed by atoms with Crippen LogP contribution in [0.2, 0.25) is 0 Å². The van der Waals surface area contributed by atoms with Gasteiger partial charge >= 0.3 is 5.97 Å². The average molecular weight is 749 g/mol. The number of nitrogens with two attached hydrogens (primary N) is 2. The molecule has 4 aliphatic rings. The van der Waals surface area contributed by atoms with E-state index in [0.29, 0.717) is 79.6 Å². The third kappa shape index (κ3) is 7.03. The van der Waals surface area contributed by atoms with Gasteiger partial charge in [0.25, 0.3) is 0 Å². The Morgan fingerprint density at radius 1 is 1.09 bits per heavy atom. The zero-order chi connectivity index (χ0) is 38.6. The highest BCUT2D eigenvalue weighted by Gasteiger charge is 2.63. The zero-order valence-electron chi connectivity index (χ0n) is 31.0. The van der Waals surface area contributed by atoms with Crippen molar-refractivity contribution in [1.82, 2.24) is 14.9 Å². The number of unbranched alkanes of at least 4 members (excludes halogenated alkanes) is 1. The minimum atomic E-state index is -1.21. The molecule has 0 saturated carbocycles. The second-order valence-corrected chi connectivity index (χ2v) is 15.3. The van der Waals surface area contributed by atoms with E-state index in [9.17, 15) is 19.8 Å². The molecule has 7 heterocycles. The van der Waals surface area contributed by atoms with Crippen molar-refractivity contribution in [2.24, 2.45) is 4.99 Å². The molecule has 8 rings (SSSR count). The van der Waals surface area contributed by atoms with Crippen LogP contribution in [0.15, 0.2) is 74.7 Å². The van der Waals surface area contributed by atoms with Crippen LogP contribution < -0.4 is 21.6 Å². The van der Waals surface area contributed by atoms with Gasteiger partial charge in [-0.2, -0.15) is 0 Å². The highest BCUT2D eigenvalue weighted by molar-refractivity contribution is 6.07. The van der Waals surface area contributed by atoms with Crippen molar-refractivity contribution in [1.29, 1.82) is 0 Å². The first-order valence-corrected chi connectivity index (χ1v) is 18.5. The molecule has 4 aliphatic heterocycles. The Morgan fingerprint density at radius 3 is 2.71 bits per heavy atom. The van der Waals surface area contributed by atoms with Crippen molar-refractivity contribution in [3.8, 4) is 22.8 Å². The third-order valence-corrected chi connectivity index (χ3v) is 10.7. The van der Waals surface area contributed by atoms with Crippen LogP contribution in [0, 0.1) is 6.92 Å². The highest BCUT2D eigenvalue weighted by Crippen LogP contribution is 2.48. The number of fused-ring (bicyclic) bond motifs is 3. The van der Waals surface area contributed by atoms with Gasteiger partial charge in [0.05, 0.1) is 36.3 Å². The maximum atomic E-state index is 14.1. The lowest BCUT2D eigenvalue weighted by Gasteiger charge is -2.39. The molecule has 286 valence electrons. The van der Waals surface area contributed by atoms with Crippen LogP contribution in [0.25, 0.3) is 22.2 Å². The number of carbonyl (C=O) groups excluding carboxylic acids is 1. The van der Waals surface area contributed by atoms with Gasteiger partial charge in [-0.1, -0.05) is 0 Å². The number of phenols is 1. The van der Waals surface area contributed by atoms with Crippen LogP contribution in [0.5, 0.6) is 11.5 Å². The summed E-state index contributed by atoms with van der Waals surface area (Å²) >= 11 is 0. The van der Waals surface area contributed by atoms with E-state index in [0.717, 1.165) is 28.1 Å². The average Bonchev–Trinajstić information content (AvgIpc) is 3.43. The number of benzene rings is 1. The summed E-state index contributed by atoms with van der Waals surface area (Å²) in [4.78, 5) is 42.6. The predicted molar refractivity (Wildman–Crippen MR) is 205 cm³/mol. The fourth-order valence-electron chi connectivity index (χ4n) is 7.85. The van der Waals surface area contributed by atoms with Gasteiger partial charge in [-0.25, -0.2) is 14.8 Å². The minimum Gasteiger partial charge on any atom is -0.507 e. The van der Waals surface area contributed by atoms with Gasteiger partial charge in [0.2, 0.25) is 0 Å². The number of carbonyl (C=O) groups is 1. The van der Waals surface area contributed by atoms with E-state index in [4.69, 9.17) is 30.1 Å². The molecule has 0 spiro atoms. The number of aliphatic hydroxyl groups excluding tert-OH is 1. The van der Waals surface area contributed by atoms with Crippen LogP contribution in [0.3, 0.4) is 0 Å². The number of nitrogens with zero attached hydrogens (tertiary/aromatic N) is 4. The van der Waals surface area contributed by atoms with Crippen molar-refractivity contribution >= 4 is 34.3 Å². The number of ether oxygens (including phenoxy) is 3. The van der Waals surface area contributed by atoms with Crippen molar-refractivity contribution in [3.05, 3.63) is 93.3 Å². The van der Waals surface area contributed by atoms with Gasteiger partial charge < -0.3 is 45.2 Å². The molecule has 0 unspecified atom stereocenters. The monoisotopic (exact) mass is 748 g/mol. The number of aryl methyl sites for hydroxylation is 2. The maximum absolute atomic E-state index is 14.1. The normalized spacial score (nSPS) is 21.9. The number of hydrogen-bond donors (Lipinski definition) is 4. The smallest absolute Gasteiger partial charge is 0.341 e. The van der Waals surface area contributed by atoms with E-state index in [2.05, 4.69) is 26.1 Å². The Kier molecular flexibility index (Phi) is 9.13. The van der Waals surface area contributed by atoms with E-state index < -0.39 is 29.4 Å². The number of aromatic hydroxyl groups is 1. The van der Waals surface area contributed by atoms with E-state index in [1.165, 1.54) is 6.07 Å². The molecule has 0 radical (unpaired) electrons. The number of anilines is 2. The van der Waals surface area contributed by atoms with Crippen molar-refractivity contribution in [2.75, 3.05) is 24.6 Å². The number of pyridine rings is 2. The number of epoxide rings is 1. The Hall–Kier alpha value is -5.73. The van der Waals surface area contributed by atoms with Crippen LogP contribution >= 0.6 is 0 Å². The first kappa shape index (κ1) is 36.3. The lowest BCUT2D eigenvalue weighted by atomic mass is 9.89. The summed E-state index contributed by atoms with van der Waals surface area (Å²) in [7, 11) is 0. The Bertz CT molecular complexity index is 2370. The van der Waals surface area contributed by atoms with Crippen LogP contribution in [0.1, 0.15) is 62.1 Å². The van der Waals surface area contributed by atoms with E-state index in [-0.39, 0.29) is 35.2 Å². The van der Waals surface area contributed by atoms with E-state index in [1.54, 1.807) is 32.9 Å². The first-order chi connectivity index (χ1) is 26.3. The summed E-state index contributed by atoms with van der Waals surface area (Å²) in [6.07, 6.45) is 7.18. The van der Waals surface area contributed by atoms with Crippen molar-refractivity contribution in [3.63, 3.8) is 0 Å². The molecule has 1 aromatic carbocycles. The molecule has 4 aromatic rings.